The van der Waals surface area contributed by atoms with Gasteiger partial charge in [-0.15, -0.1) is 0 Å². The van der Waals surface area contributed by atoms with E-state index in [-0.39, 0.29) is 5.91 Å². The van der Waals surface area contributed by atoms with E-state index in [0.29, 0.717) is 18.4 Å². The number of fused-ring (bicyclic) bond motifs is 1. The average molecular weight is 378 g/mol. The first-order valence-electron chi connectivity index (χ1n) is 10.6. The van der Waals surface area contributed by atoms with Gasteiger partial charge in [-0.25, -0.2) is 0 Å². The number of rotatable bonds is 6. The predicted molar refractivity (Wildman–Crippen MR) is 115 cm³/mol. The van der Waals surface area contributed by atoms with E-state index in [1.165, 1.54) is 16.8 Å². The van der Waals surface area contributed by atoms with Crippen LogP contribution in [0, 0.1) is 0 Å². The number of amides is 1. The molecule has 1 aliphatic heterocycles. The Morgan fingerprint density at radius 1 is 1.04 bits per heavy atom. The summed E-state index contributed by atoms with van der Waals surface area (Å²) in [7, 11) is 0. The van der Waals surface area contributed by atoms with Gasteiger partial charge in [0, 0.05) is 50.9 Å². The van der Waals surface area contributed by atoms with Crippen LogP contribution in [0.1, 0.15) is 36.8 Å². The second-order valence-electron chi connectivity index (χ2n) is 8.15. The van der Waals surface area contributed by atoms with Gasteiger partial charge < -0.3 is 10.2 Å². The molecular formula is C24H31N3O. The maximum atomic E-state index is 12.5. The third kappa shape index (κ3) is 4.39. The van der Waals surface area contributed by atoms with Crippen LogP contribution >= 0.6 is 0 Å². The van der Waals surface area contributed by atoms with Gasteiger partial charge in [0.25, 0.3) is 0 Å². The van der Waals surface area contributed by atoms with Gasteiger partial charge in [0.1, 0.15) is 0 Å². The van der Waals surface area contributed by atoms with Crippen LogP contribution in [0.2, 0.25) is 0 Å². The number of anilines is 1. The molecule has 148 valence electrons. The van der Waals surface area contributed by atoms with Crippen LogP contribution in [0.3, 0.4) is 0 Å². The summed E-state index contributed by atoms with van der Waals surface area (Å²) in [5.74, 6) is 0.581. The normalized spacial score (nSPS) is 20.6. The summed E-state index contributed by atoms with van der Waals surface area (Å²) in [5.41, 5.74) is 4.10. The van der Waals surface area contributed by atoms with E-state index in [1.54, 1.807) is 0 Å². The summed E-state index contributed by atoms with van der Waals surface area (Å²) in [6, 6.07) is 19.6. The number of carbonyl (C=O) groups excluding carboxylic acids is 1. The van der Waals surface area contributed by atoms with Crippen molar-refractivity contribution in [2.45, 2.75) is 38.1 Å². The first-order chi connectivity index (χ1) is 13.7. The van der Waals surface area contributed by atoms with Crippen LogP contribution in [0.4, 0.5) is 5.69 Å². The summed E-state index contributed by atoms with van der Waals surface area (Å²) in [6.45, 7) is 7.13. The fourth-order valence-corrected chi connectivity index (χ4v) is 4.60. The highest BCUT2D eigenvalue weighted by molar-refractivity contribution is 5.77. The van der Waals surface area contributed by atoms with Crippen molar-refractivity contribution in [1.82, 2.24) is 10.2 Å². The molecule has 0 spiro atoms. The molecule has 4 rings (SSSR count). The third-order valence-electron chi connectivity index (χ3n) is 6.34. The number of para-hydroxylation sites is 1. The zero-order chi connectivity index (χ0) is 19.3. The molecule has 1 saturated heterocycles. The topological polar surface area (TPSA) is 35.6 Å². The quantitative estimate of drug-likeness (QED) is 0.838. The number of piperazine rings is 1. The van der Waals surface area contributed by atoms with Gasteiger partial charge in [-0.05, 0) is 48.9 Å². The first-order valence-corrected chi connectivity index (χ1v) is 10.6. The zero-order valence-corrected chi connectivity index (χ0v) is 16.8. The van der Waals surface area contributed by atoms with Crippen molar-refractivity contribution in [3.63, 3.8) is 0 Å². The van der Waals surface area contributed by atoms with E-state index < -0.39 is 0 Å². The monoisotopic (exact) mass is 377 g/mol. The maximum Gasteiger partial charge on any atom is 0.220 e. The smallest absolute Gasteiger partial charge is 0.220 e. The molecule has 28 heavy (non-hydrogen) atoms. The van der Waals surface area contributed by atoms with E-state index in [4.69, 9.17) is 0 Å². The summed E-state index contributed by atoms with van der Waals surface area (Å²) < 4.78 is 0. The average Bonchev–Trinajstić information content (AvgIpc) is 3.15. The molecule has 4 heteroatoms. The van der Waals surface area contributed by atoms with E-state index >= 15 is 0 Å². The van der Waals surface area contributed by atoms with E-state index in [9.17, 15) is 4.79 Å². The SMILES string of the molecule is CC(CNC(=O)CC1CCc2ccccc21)N1CCN(c2ccccc2)CC1. The third-order valence-corrected chi connectivity index (χ3v) is 6.34. The molecule has 0 radical (unpaired) electrons. The molecule has 1 aliphatic carbocycles. The number of hydrogen-bond donors (Lipinski definition) is 1. The molecule has 2 atom stereocenters. The maximum absolute atomic E-state index is 12.5. The second kappa shape index (κ2) is 8.78. The standard InChI is InChI=1S/C24H31N3O/c1-19(26-13-15-27(16-14-26)22-8-3-2-4-9-22)18-25-24(28)17-21-12-11-20-7-5-6-10-23(20)21/h2-10,19,21H,11-18H2,1H3,(H,25,28). The number of aryl methyl sites for hydroxylation is 1. The van der Waals surface area contributed by atoms with Gasteiger partial charge in [0.2, 0.25) is 5.91 Å². The minimum atomic E-state index is 0.191. The van der Waals surface area contributed by atoms with Crippen LogP contribution in [-0.2, 0) is 11.2 Å². The summed E-state index contributed by atoms with van der Waals surface area (Å²) in [4.78, 5) is 17.4. The fraction of sp³-hybridized carbons (Fsp3) is 0.458. The highest BCUT2D eigenvalue weighted by Gasteiger charge is 2.25. The van der Waals surface area contributed by atoms with Crippen LogP contribution in [0.25, 0.3) is 0 Å². The largest absolute Gasteiger partial charge is 0.369 e. The molecular weight excluding hydrogens is 346 g/mol. The van der Waals surface area contributed by atoms with Gasteiger partial charge in [-0.1, -0.05) is 42.5 Å². The first kappa shape index (κ1) is 19.0. The van der Waals surface area contributed by atoms with Gasteiger partial charge >= 0.3 is 0 Å². The second-order valence-corrected chi connectivity index (χ2v) is 8.15. The van der Waals surface area contributed by atoms with Gasteiger partial charge in [-0.2, -0.15) is 0 Å². The van der Waals surface area contributed by atoms with Crippen molar-refractivity contribution in [3.8, 4) is 0 Å². The molecule has 0 saturated carbocycles. The Hall–Kier alpha value is -2.33. The fourth-order valence-electron chi connectivity index (χ4n) is 4.60. The Morgan fingerprint density at radius 2 is 1.75 bits per heavy atom. The molecule has 0 aromatic heterocycles. The van der Waals surface area contributed by atoms with Crippen LogP contribution < -0.4 is 10.2 Å². The Labute approximate surface area is 168 Å². The molecule has 1 heterocycles. The Bertz CT molecular complexity index is 783. The van der Waals surface area contributed by atoms with E-state index in [1.807, 2.05) is 0 Å². The Balaban J connectivity index is 1.21. The van der Waals surface area contributed by atoms with Crippen molar-refractivity contribution < 1.29 is 4.79 Å². The van der Waals surface area contributed by atoms with Crippen molar-refractivity contribution in [2.75, 3.05) is 37.6 Å². The van der Waals surface area contributed by atoms with Crippen molar-refractivity contribution >= 4 is 11.6 Å². The lowest BCUT2D eigenvalue weighted by Crippen LogP contribution is -2.52. The molecule has 2 aromatic rings. The number of hydrogen-bond acceptors (Lipinski definition) is 3. The molecule has 2 aliphatic rings. The van der Waals surface area contributed by atoms with Gasteiger partial charge in [-0.3, -0.25) is 9.69 Å². The highest BCUT2D eigenvalue weighted by Crippen LogP contribution is 2.35. The van der Waals surface area contributed by atoms with Gasteiger partial charge in [0.05, 0.1) is 0 Å². The minimum absolute atomic E-state index is 0.191. The van der Waals surface area contributed by atoms with Gasteiger partial charge in [0.15, 0.2) is 0 Å². The Kier molecular flexibility index (Phi) is 5.96. The highest BCUT2D eigenvalue weighted by atomic mass is 16.1. The molecule has 1 amide bonds. The molecule has 1 fully saturated rings. The lowest BCUT2D eigenvalue weighted by atomic mass is 9.97. The zero-order valence-electron chi connectivity index (χ0n) is 16.8. The van der Waals surface area contributed by atoms with Crippen LogP contribution in [0.15, 0.2) is 54.6 Å². The molecule has 2 unspecified atom stereocenters. The number of nitrogens with one attached hydrogen (secondary N) is 1. The van der Waals surface area contributed by atoms with Crippen molar-refractivity contribution in [2.24, 2.45) is 0 Å². The molecule has 4 nitrogen and oxygen atoms in total. The molecule has 1 N–H and O–H groups in total. The number of benzene rings is 2. The Morgan fingerprint density at radius 3 is 2.54 bits per heavy atom. The summed E-state index contributed by atoms with van der Waals surface area (Å²) in [6.07, 6.45) is 2.82. The lowest BCUT2D eigenvalue weighted by Gasteiger charge is -2.39. The van der Waals surface area contributed by atoms with Crippen LogP contribution in [-0.4, -0.2) is 49.6 Å². The minimum Gasteiger partial charge on any atom is -0.369 e. The van der Waals surface area contributed by atoms with E-state index in [0.717, 1.165) is 45.6 Å². The molecule has 2 aromatic carbocycles. The number of nitrogens with zero attached hydrogens (tertiary/aromatic N) is 2. The predicted octanol–water partition coefficient (Wildman–Crippen LogP) is 3.43. The summed E-state index contributed by atoms with van der Waals surface area (Å²) in [5, 5.41) is 3.19. The van der Waals surface area contributed by atoms with E-state index in [2.05, 4.69) is 76.6 Å². The van der Waals surface area contributed by atoms with Crippen molar-refractivity contribution in [1.29, 1.82) is 0 Å². The number of carbonyl (C=O) groups is 1. The lowest BCUT2D eigenvalue weighted by molar-refractivity contribution is -0.121. The molecule has 0 bridgehead atoms. The van der Waals surface area contributed by atoms with Crippen LogP contribution in [0.5, 0.6) is 0 Å². The summed E-state index contributed by atoms with van der Waals surface area (Å²) >= 11 is 0. The van der Waals surface area contributed by atoms with Crippen molar-refractivity contribution in [3.05, 3.63) is 65.7 Å².